The molecule has 1 N–H and O–H groups in total. The molecule has 1 amide bonds. The number of benzene rings is 2. The van der Waals surface area contributed by atoms with Crippen molar-refractivity contribution in [2.24, 2.45) is 0 Å². The molecule has 1 aromatic heterocycles. The Bertz CT molecular complexity index is 1280. The van der Waals surface area contributed by atoms with Gasteiger partial charge in [0.15, 0.2) is 26.5 Å². The molecular weight excluding hydrogens is 494 g/mol. The zero-order chi connectivity index (χ0) is 23.6. The number of amides is 1. The zero-order valence-corrected chi connectivity index (χ0v) is 19.5. The monoisotopic (exact) mass is 512 g/mol. The predicted octanol–water partition coefficient (Wildman–Crippen LogP) is 5.55. The van der Waals surface area contributed by atoms with Crippen LogP contribution >= 0.6 is 22.9 Å². The number of aromatic nitrogens is 1. The average molecular weight is 513 g/mol. The zero-order valence-electron chi connectivity index (χ0n) is 17.1. The molecular formula is C22H19ClF2N2O4S2. The van der Waals surface area contributed by atoms with Crippen molar-refractivity contribution in [2.45, 2.75) is 41.9 Å². The second kappa shape index (κ2) is 9.74. The van der Waals surface area contributed by atoms with E-state index in [-0.39, 0.29) is 15.6 Å². The van der Waals surface area contributed by atoms with Crippen LogP contribution in [0.25, 0.3) is 0 Å². The summed E-state index contributed by atoms with van der Waals surface area (Å²) in [7, 11) is -3.77. The van der Waals surface area contributed by atoms with Crippen molar-refractivity contribution >= 4 is 43.8 Å². The number of rotatable bonds is 7. The molecule has 1 fully saturated rings. The van der Waals surface area contributed by atoms with Crippen molar-refractivity contribution in [1.82, 2.24) is 4.98 Å². The maximum Gasteiger partial charge on any atom is 0.272 e. The quantitative estimate of drug-likeness (QED) is 0.448. The van der Waals surface area contributed by atoms with Gasteiger partial charge in [0.1, 0.15) is 10.2 Å². The molecule has 1 aliphatic carbocycles. The Morgan fingerprint density at radius 1 is 1.18 bits per heavy atom. The average Bonchev–Trinajstić information content (AvgIpc) is 3.46. The number of anilines is 1. The number of nitrogens with one attached hydrogen (secondary N) is 1. The first-order chi connectivity index (χ1) is 15.8. The van der Waals surface area contributed by atoms with Crippen molar-refractivity contribution in [1.29, 1.82) is 0 Å². The first-order valence-electron chi connectivity index (χ1n) is 10.1. The molecule has 11 heteroatoms. The van der Waals surface area contributed by atoms with E-state index < -0.39 is 44.5 Å². The van der Waals surface area contributed by atoms with Crippen molar-refractivity contribution in [3.8, 4) is 5.75 Å². The Balaban J connectivity index is 1.76. The topological polar surface area (TPSA) is 85.4 Å². The van der Waals surface area contributed by atoms with Crippen LogP contribution in [0.5, 0.6) is 5.75 Å². The lowest BCUT2D eigenvalue weighted by molar-refractivity contribution is -0.123. The van der Waals surface area contributed by atoms with Crippen LogP contribution in [0.2, 0.25) is 4.34 Å². The highest BCUT2D eigenvalue weighted by Crippen LogP contribution is 2.36. The number of hydrogen-bond acceptors (Lipinski definition) is 6. The molecule has 1 aliphatic rings. The highest BCUT2D eigenvalue weighted by molar-refractivity contribution is 7.92. The van der Waals surface area contributed by atoms with Gasteiger partial charge in [-0.15, -0.1) is 0 Å². The summed E-state index contributed by atoms with van der Waals surface area (Å²) >= 11 is 6.87. The van der Waals surface area contributed by atoms with Crippen molar-refractivity contribution < 1.29 is 26.7 Å². The first kappa shape index (κ1) is 23.6. The van der Waals surface area contributed by atoms with E-state index in [0.29, 0.717) is 23.2 Å². The molecule has 0 saturated heterocycles. The highest BCUT2D eigenvalue weighted by Gasteiger charge is 2.36. The third-order valence-corrected chi connectivity index (χ3v) is 8.70. The SMILES string of the molecule is O=C(Nc1ncc(Cl)s1)C(Oc1ccc(F)cc1F)c1ccccc1S(=O)(=O)C1CCCC1. The molecule has 1 atom stereocenters. The van der Waals surface area contributed by atoms with Gasteiger partial charge in [-0.05, 0) is 31.0 Å². The van der Waals surface area contributed by atoms with Crippen LogP contribution in [0, 0.1) is 11.6 Å². The maximum atomic E-state index is 14.4. The molecule has 0 spiro atoms. The summed E-state index contributed by atoms with van der Waals surface area (Å²) in [6.07, 6.45) is 2.45. The van der Waals surface area contributed by atoms with E-state index in [1.54, 1.807) is 12.1 Å². The van der Waals surface area contributed by atoms with E-state index >= 15 is 0 Å². The summed E-state index contributed by atoms with van der Waals surface area (Å²) in [4.78, 5) is 17.1. The summed E-state index contributed by atoms with van der Waals surface area (Å²) < 4.78 is 60.5. The summed E-state index contributed by atoms with van der Waals surface area (Å²) in [5, 5.41) is 2.12. The minimum atomic E-state index is -3.77. The second-order valence-corrected chi connectivity index (χ2v) is 11.4. The number of carbonyl (C=O) groups excluding carboxylic acids is 1. The number of carbonyl (C=O) groups is 1. The van der Waals surface area contributed by atoms with Crippen LogP contribution in [0.4, 0.5) is 13.9 Å². The van der Waals surface area contributed by atoms with Gasteiger partial charge < -0.3 is 4.74 Å². The first-order valence-corrected chi connectivity index (χ1v) is 12.9. The van der Waals surface area contributed by atoms with Crippen molar-refractivity contribution in [3.63, 3.8) is 0 Å². The van der Waals surface area contributed by atoms with Crippen LogP contribution in [0.15, 0.2) is 53.6 Å². The fourth-order valence-electron chi connectivity index (χ4n) is 3.77. The lowest BCUT2D eigenvalue weighted by atomic mass is 10.1. The molecule has 1 heterocycles. The Morgan fingerprint density at radius 2 is 1.91 bits per heavy atom. The Morgan fingerprint density at radius 3 is 2.58 bits per heavy atom. The van der Waals surface area contributed by atoms with Crippen LogP contribution in [0.1, 0.15) is 37.4 Å². The molecule has 3 aromatic rings. The number of sulfone groups is 1. The summed E-state index contributed by atoms with van der Waals surface area (Å²) in [5.74, 6) is -3.02. The minimum absolute atomic E-state index is 0.0493. The van der Waals surface area contributed by atoms with Gasteiger partial charge in [-0.25, -0.2) is 22.2 Å². The van der Waals surface area contributed by atoms with E-state index in [1.165, 1.54) is 18.3 Å². The third kappa shape index (κ3) is 5.18. The minimum Gasteiger partial charge on any atom is -0.473 e. The maximum absolute atomic E-state index is 14.4. The normalized spacial score (nSPS) is 15.4. The largest absolute Gasteiger partial charge is 0.473 e. The fraction of sp³-hybridized carbons (Fsp3) is 0.273. The number of hydrogen-bond donors (Lipinski definition) is 1. The van der Waals surface area contributed by atoms with Crippen molar-refractivity contribution in [3.05, 3.63) is 70.2 Å². The smallest absolute Gasteiger partial charge is 0.272 e. The molecule has 0 bridgehead atoms. The molecule has 1 unspecified atom stereocenters. The van der Waals surface area contributed by atoms with E-state index in [2.05, 4.69) is 10.3 Å². The van der Waals surface area contributed by atoms with Gasteiger partial charge in [-0.2, -0.15) is 0 Å². The van der Waals surface area contributed by atoms with E-state index in [9.17, 15) is 22.0 Å². The van der Waals surface area contributed by atoms with Crippen LogP contribution < -0.4 is 10.1 Å². The summed E-state index contributed by atoms with van der Waals surface area (Å²) in [6.45, 7) is 0. The molecule has 2 aromatic carbocycles. The van der Waals surface area contributed by atoms with E-state index in [1.807, 2.05) is 0 Å². The molecule has 33 heavy (non-hydrogen) atoms. The van der Waals surface area contributed by atoms with E-state index in [4.69, 9.17) is 16.3 Å². The van der Waals surface area contributed by atoms with Gasteiger partial charge in [-0.3, -0.25) is 10.1 Å². The van der Waals surface area contributed by atoms with E-state index in [0.717, 1.165) is 36.3 Å². The highest BCUT2D eigenvalue weighted by atomic mass is 35.5. The lowest BCUT2D eigenvalue weighted by Crippen LogP contribution is -2.29. The molecule has 6 nitrogen and oxygen atoms in total. The molecule has 0 radical (unpaired) electrons. The number of ether oxygens (including phenoxy) is 1. The molecule has 174 valence electrons. The van der Waals surface area contributed by atoms with Gasteiger partial charge in [0.25, 0.3) is 5.91 Å². The Kier molecular flexibility index (Phi) is 6.96. The number of thiazole rings is 1. The van der Waals surface area contributed by atoms with Gasteiger partial charge in [0.05, 0.1) is 16.3 Å². The molecule has 1 saturated carbocycles. The standard InChI is InChI=1S/C22H19ClF2N2O4S2/c23-19-12-26-22(32-19)27-21(28)20(31-17-10-9-13(24)11-16(17)25)15-7-3-4-8-18(15)33(29,30)14-5-1-2-6-14/h3-4,7-12,14,20H,1-2,5-6H2,(H,26,27,28). The van der Waals surface area contributed by atoms with Gasteiger partial charge in [0, 0.05) is 11.6 Å². The lowest BCUT2D eigenvalue weighted by Gasteiger charge is -2.22. The summed E-state index contributed by atoms with van der Waals surface area (Å²) in [5.41, 5.74) is 0.0493. The fourth-order valence-corrected chi connectivity index (χ4v) is 6.67. The predicted molar refractivity (Wildman–Crippen MR) is 121 cm³/mol. The van der Waals surface area contributed by atoms with Crippen LogP contribution in [0.3, 0.4) is 0 Å². The second-order valence-electron chi connectivity index (χ2n) is 7.52. The Hall–Kier alpha value is -2.56. The van der Waals surface area contributed by atoms with Crippen LogP contribution in [-0.4, -0.2) is 24.6 Å². The van der Waals surface area contributed by atoms with Crippen molar-refractivity contribution in [2.75, 3.05) is 5.32 Å². The Labute approximate surface area is 198 Å². The van der Waals surface area contributed by atoms with Gasteiger partial charge in [-0.1, -0.05) is 54.0 Å². The van der Waals surface area contributed by atoms with Crippen LogP contribution in [-0.2, 0) is 14.6 Å². The third-order valence-electron chi connectivity index (χ3n) is 5.33. The van der Waals surface area contributed by atoms with Gasteiger partial charge in [0.2, 0.25) is 6.10 Å². The molecule has 0 aliphatic heterocycles. The summed E-state index contributed by atoms with van der Waals surface area (Å²) in [6, 6.07) is 8.62. The molecule has 4 rings (SSSR count). The number of halogens is 3. The number of nitrogens with zero attached hydrogens (tertiary/aromatic N) is 1. The van der Waals surface area contributed by atoms with Gasteiger partial charge >= 0.3 is 0 Å².